The van der Waals surface area contributed by atoms with E-state index in [-0.39, 0.29) is 0 Å². The molecule has 1 aromatic rings. The molecule has 1 atom stereocenters. The first-order chi connectivity index (χ1) is 9.24. The van der Waals surface area contributed by atoms with Crippen LogP contribution < -0.4 is 10.2 Å². The van der Waals surface area contributed by atoms with Gasteiger partial charge in [0.2, 0.25) is 5.95 Å². The zero-order valence-corrected chi connectivity index (χ0v) is 12.3. The molecule has 0 spiro atoms. The van der Waals surface area contributed by atoms with Crippen LogP contribution in [0, 0.1) is 0 Å². The van der Waals surface area contributed by atoms with Gasteiger partial charge in [-0.15, -0.1) is 0 Å². The van der Waals surface area contributed by atoms with E-state index < -0.39 is 0 Å². The predicted octanol–water partition coefficient (Wildman–Crippen LogP) is 1.83. The predicted molar refractivity (Wildman–Crippen MR) is 79.7 cm³/mol. The first-order valence-electron chi connectivity index (χ1n) is 7.26. The van der Waals surface area contributed by atoms with Gasteiger partial charge in [-0.1, -0.05) is 6.92 Å². The Labute approximate surface area is 116 Å². The monoisotopic (exact) mass is 263 g/mol. The maximum Gasteiger partial charge on any atom is 0.224 e. The lowest BCUT2D eigenvalue weighted by atomic mass is 10.2. The van der Waals surface area contributed by atoms with Crippen LogP contribution in [0.1, 0.15) is 26.7 Å². The highest BCUT2D eigenvalue weighted by Crippen LogP contribution is 2.19. The SMILES string of the molecule is CCNc1nccc(N(C)CC2CCCN2CC)n1. The fourth-order valence-electron chi connectivity index (χ4n) is 2.73. The van der Waals surface area contributed by atoms with E-state index >= 15 is 0 Å². The van der Waals surface area contributed by atoms with Crippen molar-refractivity contribution in [3.8, 4) is 0 Å². The molecule has 5 heteroatoms. The maximum absolute atomic E-state index is 4.54. The standard InChI is InChI=1S/C14H25N5/c1-4-15-14-16-9-8-13(17-14)18(3)11-12-7-6-10-19(12)5-2/h8-9,12H,4-7,10-11H2,1-3H3,(H,15,16,17). The molecule has 5 nitrogen and oxygen atoms in total. The maximum atomic E-state index is 4.54. The van der Waals surface area contributed by atoms with Crippen LogP contribution in [0.2, 0.25) is 0 Å². The van der Waals surface area contributed by atoms with Gasteiger partial charge in [-0.05, 0) is 38.9 Å². The van der Waals surface area contributed by atoms with Crippen molar-refractivity contribution in [2.75, 3.05) is 43.4 Å². The van der Waals surface area contributed by atoms with E-state index in [0.29, 0.717) is 12.0 Å². The van der Waals surface area contributed by atoms with Gasteiger partial charge >= 0.3 is 0 Å². The minimum atomic E-state index is 0.660. The molecule has 106 valence electrons. The Balaban J connectivity index is 1.98. The molecule has 0 radical (unpaired) electrons. The Kier molecular flexibility index (Phi) is 4.96. The summed E-state index contributed by atoms with van der Waals surface area (Å²) in [5, 5.41) is 3.16. The number of likely N-dealkylation sites (N-methyl/N-ethyl adjacent to an activating group) is 2. The highest BCUT2D eigenvalue weighted by atomic mass is 15.3. The first kappa shape index (κ1) is 14.1. The van der Waals surface area contributed by atoms with Gasteiger partial charge in [-0.3, -0.25) is 4.90 Å². The number of hydrogen-bond acceptors (Lipinski definition) is 5. The van der Waals surface area contributed by atoms with Crippen LogP contribution in [0.4, 0.5) is 11.8 Å². The number of likely N-dealkylation sites (tertiary alicyclic amines) is 1. The van der Waals surface area contributed by atoms with Gasteiger partial charge in [-0.25, -0.2) is 4.98 Å². The smallest absolute Gasteiger partial charge is 0.224 e. The second-order valence-electron chi connectivity index (χ2n) is 5.07. The first-order valence-corrected chi connectivity index (χ1v) is 7.26. The van der Waals surface area contributed by atoms with Gasteiger partial charge in [0.25, 0.3) is 0 Å². The van der Waals surface area contributed by atoms with Gasteiger partial charge in [0, 0.05) is 32.4 Å². The number of nitrogens with one attached hydrogen (secondary N) is 1. The van der Waals surface area contributed by atoms with E-state index in [1.165, 1.54) is 19.4 Å². The topological polar surface area (TPSA) is 44.3 Å². The lowest BCUT2D eigenvalue weighted by molar-refractivity contribution is 0.270. The zero-order chi connectivity index (χ0) is 13.7. The molecule has 2 rings (SSSR count). The summed E-state index contributed by atoms with van der Waals surface area (Å²) >= 11 is 0. The fourth-order valence-corrected chi connectivity index (χ4v) is 2.73. The molecular weight excluding hydrogens is 238 g/mol. The van der Waals surface area contributed by atoms with Gasteiger partial charge in [0.05, 0.1) is 0 Å². The van der Waals surface area contributed by atoms with Crippen LogP contribution >= 0.6 is 0 Å². The van der Waals surface area contributed by atoms with Crippen molar-refractivity contribution in [3.63, 3.8) is 0 Å². The minimum Gasteiger partial charge on any atom is -0.358 e. The van der Waals surface area contributed by atoms with Crippen LogP contribution in [0.3, 0.4) is 0 Å². The van der Waals surface area contributed by atoms with Crippen molar-refractivity contribution < 1.29 is 0 Å². The Morgan fingerprint density at radius 1 is 1.47 bits per heavy atom. The molecule has 1 aromatic heterocycles. The van der Waals surface area contributed by atoms with E-state index in [1.54, 1.807) is 0 Å². The van der Waals surface area contributed by atoms with E-state index in [1.807, 2.05) is 12.3 Å². The Hall–Kier alpha value is -1.36. The summed E-state index contributed by atoms with van der Waals surface area (Å²) in [6, 6.07) is 2.64. The average molecular weight is 263 g/mol. The lowest BCUT2D eigenvalue weighted by Gasteiger charge is -2.28. The second-order valence-corrected chi connectivity index (χ2v) is 5.07. The molecule has 19 heavy (non-hydrogen) atoms. The third-order valence-electron chi connectivity index (χ3n) is 3.76. The summed E-state index contributed by atoms with van der Waals surface area (Å²) < 4.78 is 0. The van der Waals surface area contributed by atoms with Gasteiger partial charge in [0.1, 0.15) is 5.82 Å². The third kappa shape index (κ3) is 3.56. The van der Waals surface area contributed by atoms with E-state index in [2.05, 4.69) is 46.0 Å². The Morgan fingerprint density at radius 2 is 2.32 bits per heavy atom. The number of nitrogens with zero attached hydrogens (tertiary/aromatic N) is 4. The van der Waals surface area contributed by atoms with Crippen LogP contribution in [0.5, 0.6) is 0 Å². The van der Waals surface area contributed by atoms with E-state index in [4.69, 9.17) is 0 Å². The van der Waals surface area contributed by atoms with Crippen molar-refractivity contribution >= 4 is 11.8 Å². The van der Waals surface area contributed by atoms with Crippen molar-refractivity contribution in [1.29, 1.82) is 0 Å². The molecular formula is C14H25N5. The molecule has 0 bridgehead atoms. The van der Waals surface area contributed by atoms with Crippen LogP contribution in [0.25, 0.3) is 0 Å². The van der Waals surface area contributed by atoms with Gasteiger partial charge in [0.15, 0.2) is 0 Å². The van der Waals surface area contributed by atoms with Crippen LogP contribution in [0.15, 0.2) is 12.3 Å². The summed E-state index contributed by atoms with van der Waals surface area (Å²) in [5.41, 5.74) is 0. The Morgan fingerprint density at radius 3 is 3.05 bits per heavy atom. The Bertz CT molecular complexity index is 395. The van der Waals surface area contributed by atoms with Crippen LogP contribution in [-0.2, 0) is 0 Å². The summed E-state index contributed by atoms with van der Waals surface area (Å²) in [6.45, 7) is 8.56. The molecule has 1 aliphatic rings. The number of anilines is 2. The summed E-state index contributed by atoms with van der Waals surface area (Å²) in [7, 11) is 2.12. The number of rotatable bonds is 6. The molecule has 2 heterocycles. The third-order valence-corrected chi connectivity index (χ3v) is 3.76. The molecule has 0 aliphatic carbocycles. The summed E-state index contributed by atoms with van der Waals surface area (Å²) in [4.78, 5) is 13.6. The number of aromatic nitrogens is 2. The number of hydrogen-bond donors (Lipinski definition) is 1. The second kappa shape index (κ2) is 6.70. The van der Waals surface area contributed by atoms with E-state index in [9.17, 15) is 0 Å². The van der Waals surface area contributed by atoms with Gasteiger partial charge < -0.3 is 10.2 Å². The molecule has 0 saturated carbocycles. The molecule has 0 amide bonds. The highest BCUT2D eigenvalue weighted by molar-refractivity contribution is 5.41. The molecule has 1 fully saturated rings. The lowest BCUT2D eigenvalue weighted by Crippen LogP contribution is -2.39. The minimum absolute atomic E-state index is 0.660. The fraction of sp³-hybridized carbons (Fsp3) is 0.714. The molecule has 1 unspecified atom stereocenters. The quantitative estimate of drug-likeness (QED) is 0.848. The van der Waals surface area contributed by atoms with Crippen molar-refractivity contribution in [3.05, 3.63) is 12.3 Å². The van der Waals surface area contributed by atoms with Crippen LogP contribution in [-0.4, -0.2) is 54.1 Å². The largest absolute Gasteiger partial charge is 0.358 e. The van der Waals surface area contributed by atoms with Crippen molar-refractivity contribution in [2.24, 2.45) is 0 Å². The zero-order valence-electron chi connectivity index (χ0n) is 12.3. The van der Waals surface area contributed by atoms with E-state index in [0.717, 1.165) is 25.5 Å². The molecule has 1 aliphatic heterocycles. The molecule has 1 N–H and O–H groups in total. The highest BCUT2D eigenvalue weighted by Gasteiger charge is 2.24. The van der Waals surface area contributed by atoms with Crippen molar-refractivity contribution in [1.82, 2.24) is 14.9 Å². The summed E-state index contributed by atoms with van der Waals surface area (Å²) in [6.07, 6.45) is 4.44. The normalized spacial score (nSPS) is 19.6. The van der Waals surface area contributed by atoms with Crippen molar-refractivity contribution in [2.45, 2.75) is 32.7 Å². The average Bonchev–Trinajstić information content (AvgIpc) is 2.86. The molecule has 1 saturated heterocycles. The van der Waals surface area contributed by atoms with Gasteiger partial charge in [-0.2, -0.15) is 4.98 Å². The summed E-state index contributed by atoms with van der Waals surface area (Å²) in [5.74, 6) is 1.71. The molecule has 0 aromatic carbocycles.